The van der Waals surface area contributed by atoms with Crippen LogP contribution in [0.25, 0.3) is 0 Å². The number of aromatic nitrogens is 2. The van der Waals surface area contributed by atoms with E-state index in [1.54, 1.807) is 37.3 Å². The fourth-order valence-corrected chi connectivity index (χ4v) is 5.14. The van der Waals surface area contributed by atoms with Crippen molar-refractivity contribution in [3.8, 4) is 0 Å². The van der Waals surface area contributed by atoms with Gasteiger partial charge in [-0.1, -0.05) is 50.6 Å². The van der Waals surface area contributed by atoms with Gasteiger partial charge in [0.25, 0.3) is 0 Å². The predicted octanol–water partition coefficient (Wildman–Crippen LogP) is -4.08. The number of carbonyl (C=O) groups excluding carboxylic acids is 7. The summed E-state index contributed by atoms with van der Waals surface area (Å²) >= 11 is 0. The Bertz CT molecular complexity index is 1730. The first-order valence-electron chi connectivity index (χ1n) is 17.8. The molecule has 2 rings (SSSR count). The predicted molar refractivity (Wildman–Crippen MR) is 198 cm³/mol. The normalized spacial score (nSPS) is 15.1. The minimum atomic E-state index is -1.84. The van der Waals surface area contributed by atoms with Crippen molar-refractivity contribution in [3.05, 3.63) is 54.1 Å². The number of nitrogens with two attached hydrogens (primary N) is 2. The third-order valence-corrected chi connectivity index (χ3v) is 8.69. The Kier molecular flexibility index (Phi) is 18.7. The molecule has 14 N–H and O–H groups in total. The van der Waals surface area contributed by atoms with Crippen molar-refractivity contribution in [1.82, 2.24) is 41.9 Å². The number of amides is 7. The Morgan fingerprint density at radius 3 is 1.75 bits per heavy atom. The number of aliphatic carboxylic acids is 2. The molecule has 0 saturated heterocycles. The number of primary amides is 1. The molecule has 2 aromatic rings. The van der Waals surface area contributed by atoms with Crippen LogP contribution in [0.5, 0.6) is 0 Å². The van der Waals surface area contributed by atoms with Gasteiger partial charge in [0.2, 0.25) is 41.4 Å². The summed E-state index contributed by atoms with van der Waals surface area (Å²) in [6.07, 6.45) is 0.891. The largest absolute Gasteiger partial charge is 0.481 e. The molecule has 57 heavy (non-hydrogen) atoms. The van der Waals surface area contributed by atoms with Crippen LogP contribution in [0.3, 0.4) is 0 Å². The van der Waals surface area contributed by atoms with E-state index in [2.05, 4.69) is 41.9 Å². The number of hydrogen-bond donors (Lipinski definition) is 12. The molecule has 0 spiro atoms. The highest BCUT2D eigenvalue weighted by Gasteiger charge is 2.34. The third kappa shape index (κ3) is 15.7. The Hall–Kier alpha value is -6.42. The number of nitrogens with one attached hydrogen (secondary N) is 7. The van der Waals surface area contributed by atoms with Gasteiger partial charge in [-0.2, -0.15) is 0 Å². The Morgan fingerprint density at radius 1 is 0.702 bits per heavy atom. The SMILES string of the molecule is CC[C@H](C)[C@H](N)C(=O)N[C@@H](C)C(=O)N[C@@H](CC(=O)O)C(=O)N[C@@H](CO)C(=O)N[C@@H](Cc1cnc[nH]1)C(=O)N[C@@H](CC(N)=O)C(=O)N[C@@H](Cc1ccccc1)C(=O)O. The molecule has 0 aliphatic carbocycles. The fraction of sp³-hybridized carbons (Fsp3) is 0.486. The molecule has 0 aliphatic heterocycles. The second kappa shape index (κ2) is 22.8. The molecule has 0 unspecified atom stereocenters. The maximum atomic E-state index is 13.6. The number of aliphatic hydroxyl groups is 1. The average Bonchev–Trinajstić information content (AvgIpc) is 3.68. The number of aromatic amines is 1. The summed E-state index contributed by atoms with van der Waals surface area (Å²) in [5.74, 6) is -10.4. The van der Waals surface area contributed by atoms with Gasteiger partial charge in [0, 0.05) is 24.7 Å². The topological polar surface area (TPSA) is 367 Å². The van der Waals surface area contributed by atoms with Crippen LogP contribution in [0.15, 0.2) is 42.9 Å². The van der Waals surface area contributed by atoms with Crippen molar-refractivity contribution in [2.24, 2.45) is 17.4 Å². The number of rotatable bonds is 24. The molecular weight excluding hydrogens is 752 g/mol. The Morgan fingerprint density at radius 2 is 1.23 bits per heavy atom. The minimum absolute atomic E-state index is 0.147. The van der Waals surface area contributed by atoms with Crippen LogP contribution in [0.1, 0.15) is 51.3 Å². The molecule has 22 nitrogen and oxygen atoms in total. The second-order valence-corrected chi connectivity index (χ2v) is 13.2. The molecule has 8 atom stereocenters. The van der Waals surface area contributed by atoms with E-state index in [9.17, 15) is 58.5 Å². The van der Waals surface area contributed by atoms with Gasteiger partial charge in [0.15, 0.2) is 0 Å². The van der Waals surface area contributed by atoms with E-state index in [1.165, 1.54) is 19.4 Å². The van der Waals surface area contributed by atoms with Gasteiger partial charge in [-0.3, -0.25) is 38.4 Å². The van der Waals surface area contributed by atoms with Crippen LogP contribution in [0.4, 0.5) is 0 Å². The van der Waals surface area contributed by atoms with Crippen molar-refractivity contribution in [3.63, 3.8) is 0 Å². The van der Waals surface area contributed by atoms with Crippen LogP contribution >= 0.6 is 0 Å². The molecule has 1 aromatic carbocycles. The molecule has 0 saturated carbocycles. The van der Waals surface area contributed by atoms with Crippen LogP contribution < -0.4 is 43.4 Å². The van der Waals surface area contributed by atoms with Crippen LogP contribution in [0, 0.1) is 5.92 Å². The minimum Gasteiger partial charge on any atom is -0.481 e. The number of benzene rings is 1. The summed E-state index contributed by atoms with van der Waals surface area (Å²) in [5.41, 5.74) is 12.1. The van der Waals surface area contributed by atoms with E-state index in [0.717, 1.165) is 0 Å². The van der Waals surface area contributed by atoms with Gasteiger partial charge in [0.1, 0.15) is 36.3 Å². The highest BCUT2D eigenvalue weighted by Crippen LogP contribution is 2.08. The standard InChI is InChI=1S/C35H50N10O12/c1-4-17(2)28(37)34(55)40-18(3)29(50)41-23(13-27(48)49)32(53)45-25(15-46)33(54)42-21(11-20-14-38-16-39-20)30(51)43-22(12-26(36)47)31(52)44-24(35(56)57)10-19-8-6-5-7-9-19/h5-9,14,16-18,21-25,28,46H,4,10-13,15,37H2,1-3H3,(H2,36,47)(H,38,39)(H,40,55)(H,41,50)(H,42,54)(H,43,51)(H,44,52)(H,45,53)(H,48,49)(H,56,57)/t17-,18-,21-,22-,23-,24-,25-,28-/m0/s1. The molecular formula is C35H50N10O12. The summed E-state index contributed by atoms with van der Waals surface area (Å²) < 4.78 is 0. The molecule has 22 heteroatoms. The van der Waals surface area contributed by atoms with Crippen molar-refractivity contribution >= 4 is 53.3 Å². The lowest BCUT2D eigenvalue weighted by Crippen LogP contribution is -2.61. The number of nitrogens with zero attached hydrogens (tertiary/aromatic N) is 1. The summed E-state index contributed by atoms with van der Waals surface area (Å²) in [6, 6.07) is -2.38. The van der Waals surface area contributed by atoms with Gasteiger partial charge >= 0.3 is 11.9 Å². The van der Waals surface area contributed by atoms with Crippen molar-refractivity contribution in [2.75, 3.05) is 6.61 Å². The lowest BCUT2D eigenvalue weighted by molar-refractivity contribution is -0.143. The smallest absolute Gasteiger partial charge is 0.326 e. The fourth-order valence-electron chi connectivity index (χ4n) is 5.14. The van der Waals surface area contributed by atoms with Gasteiger partial charge in [-0.05, 0) is 18.4 Å². The molecule has 0 aliphatic rings. The Balaban J connectivity index is 2.24. The second-order valence-electron chi connectivity index (χ2n) is 13.2. The quantitative estimate of drug-likeness (QED) is 0.0481. The van der Waals surface area contributed by atoms with Gasteiger partial charge in [-0.15, -0.1) is 0 Å². The van der Waals surface area contributed by atoms with E-state index >= 15 is 0 Å². The van der Waals surface area contributed by atoms with E-state index in [-0.39, 0.29) is 24.5 Å². The molecule has 0 radical (unpaired) electrons. The molecule has 0 fully saturated rings. The summed E-state index contributed by atoms with van der Waals surface area (Å²) in [5, 5.41) is 42.8. The first kappa shape index (κ1) is 46.7. The lowest BCUT2D eigenvalue weighted by atomic mass is 9.99. The van der Waals surface area contributed by atoms with Crippen molar-refractivity contribution in [1.29, 1.82) is 0 Å². The third-order valence-electron chi connectivity index (χ3n) is 8.69. The number of H-pyrrole nitrogens is 1. The molecule has 7 amide bonds. The maximum Gasteiger partial charge on any atom is 0.326 e. The van der Waals surface area contributed by atoms with Gasteiger partial charge in [0.05, 0.1) is 31.8 Å². The molecule has 1 aromatic heterocycles. The van der Waals surface area contributed by atoms with Gasteiger partial charge < -0.3 is 63.7 Å². The summed E-state index contributed by atoms with van der Waals surface area (Å²) in [6.45, 7) is 3.73. The van der Waals surface area contributed by atoms with Crippen LogP contribution in [-0.4, -0.2) is 127 Å². The van der Waals surface area contributed by atoms with Crippen LogP contribution in [0.2, 0.25) is 0 Å². The number of carbonyl (C=O) groups is 9. The molecule has 312 valence electrons. The van der Waals surface area contributed by atoms with E-state index in [1.807, 2.05) is 6.92 Å². The highest BCUT2D eigenvalue weighted by molar-refractivity contribution is 5.98. The highest BCUT2D eigenvalue weighted by atomic mass is 16.4. The van der Waals surface area contributed by atoms with E-state index in [0.29, 0.717) is 12.0 Å². The number of aliphatic hydroxyl groups excluding tert-OH is 1. The lowest BCUT2D eigenvalue weighted by Gasteiger charge is -2.26. The first-order chi connectivity index (χ1) is 26.9. The average molecular weight is 803 g/mol. The van der Waals surface area contributed by atoms with E-state index < -0.39 is 115 Å². The number of hydrogen-bond acceptors (Lipinski definition) is 12. The van der Waals surface area contributed by atoms with Crippen molar-refractivity contribution < 1.29 is 58.5 Å². The number of imidazole rings is 1. The molecule has 1 heterocycles. The Labute approximate surface area is 326 Å². The van der Waals surface area contributed by atoms with Crippen LogP contribution in [-0.2, 0) is 56.0 Å². The number of carboxylic acids is 2. The molecule has 0 bridgehead atoms. The van der Waals surface area contributed by atoms with Gasteiger partial charge in [-0.25, -0.2) is 9.78 Å². The van der Waals surface area contributed by atoms with E-state index in [4.69, 9.17) is 11.5 Å². The monoisotopic (exact) mass is 802 g/mol. The number of carboxylic acid groups (broad SMARTS) is 2. The summed E-state index contributed by atoms with van der Waals surface area (Å²) in [7, 11) is 0. The van der Waals surface area contributed by atoms with Crippen molar-refractivity contribution in [2.45, 2.75) is 95.2 Å². The summed E-state index contributed by atoms with van der Waals surface area (Å²) in [4.78, 5) is 121. The zero-order valence-electron chi connectivity index (χ0n) is 31.5. The maximum absolute atomic E-state index is 13.6. The zero-order valence-corrected chi connectivity index (χ0v) is 31.5. The zero-order chi connectivity index (χ0) is 42.8. The first-order valence-corrected chi connectivity index (χ1v) is 17.8.